The summed E-state index contributed by atoms with van der Waals surface area (Å²) >= 11 is 9.16. The minimum atomic E-state index is -0.126. The first kappa shape index (κ1) is 9.74. The maximum absolute atomic E-state index is 11.7. The third-order valence-corrected chi connectivity index (χ3v) is 3.03. The number of H-pyrrole nitrogens is 1. The number of fused-ring (bicyclic) bond motifs is 1. The van der Waals surface area contributed by atoms with Crippen LogP contribution in [0.2, 0.25) is 5.02 Å². The van der Waals surface area contributed by atoms with Gasteiger partial charge in [-0.25, -0.2) is 0 Å². The van der Waals surface area contributed by atoms with Crippen LogP contribution in [0.3, 0.4) is 0 Å². The second kappa shape index (κ2) is 3.41. The zero-order valence-electron chi connectivity index (χ0n) is 7.40. The summed E-state index contributed by atoms with van der Waals surface area (Å²) < 4.78 is 0.871. The molecule has 0 unspecified atom stereocenters. The van der Waals surface area contributed by atoms with Crippen molar-refractivity contribution >= 4 is 38.4 Å². The number of hydrogen-bond donors (Lipinski definition) is 1. The fraction of sp³-hybridized carbons (Fsp3) is 0.100. The first-order chi connectivity index (χ1) is 6.59. The molecule has 0 radical (unpaired) electrons. The molecule has 0 aliphatic rings. The smallest absolute Gasteiger partial charge is 0.208 e. The van der Waals surface area contributed by atoms with Crippen LogP contribution in [0.15, 0.2) is 27.5 Å². The maximum Gasteiger partial charge on any atom is 0.208 e. The monoisotopic (exact) mass is 271 g/mol. The molecule has 0 spiro atoms. The van der Waals surface area contributed by atoms with Crippen molar-refractivity contribution in [3.63, 3.8) is 0 Å². The third-order valence-electron chi connectivity index (χ3n) is 2.08. The van der Waals surface area contributed by atoms with Crippen molar-refractivity contribution in [3.05, 3.63) is 43.6 Å². The number of aryl methyl sites for hydroxylation is 1. The number of pyridine rings is 1. The van der Waals surface area contributed by atoms with E-state index >= 15 is 0 Å². The highest BCUT2D eigenvalue weighted by Crippen LogP contribution is 2.18. The lowest BCUT2D eigenvalue weighted by Crippen LogP contribution is -2.05. The molecule has 2 nitrogen and oxygen atoms in total. The lowest BCUT2D eigenvalue weighted by molar-refractivity contribution is 1.24. The number of nitrogens with one attached hydrogen (secondary N) is 1. The Morgan fingerprint density at radius 2 is 2.14 bits per heavy atom. The van der Waals surface area contributed by atoms with Gasteiger partial charge in [-0.05, 0) is 25.1 Å². The van der Waals surface area contributed by atoms with Gasteiger partial charge in [0.2, 0.25) is 5.43 Å². The standard InChI is InChI=1S/C10H7BrClNO/c1-5-9(12)10(14)7-4-6(11)2-3-8(7)13-5/h2-4H,1H3,(H,13,14). The molecule has 0 amide bonds. The van der Waals surface area contributed by atoms with Crippen LogP contribution in [0.4, 0.5) is 0 Å². The first-order valence-corrected chi connectivity index (χ1v) is 5.24. The molecule has 2 rings (SSSR count). The number of rotatable bonds is 0. The summed E-state index contributed by atoms with van der Waals surface area (Å²) in [5, 5.41) is 0.866. The van der Waals surface area contributed by atoms with Gasteiger partial charge in [-0.2, -0.15) is 0 Å². The first-order valence-electron chi connectivity index (χ1n) is 4.07. The number of benzene rings is 1. The number of halogens is 2. The summed E-state index contributed by atoms with van der Waals surface area (Å²) in [6.45, 7) is 1.78. The number of aromatic amines is 1. The van der Waals surface area contributed by atoms with E-state index in [2.05, 4.69) is 20.9 Å². The van der Waals surface area contributed by atoms with E-state index in [1.165, 1.54) is 0 Å². The number of hydrogen-bond acceptors (Lipinski definition) is 1. The van der Waals surface area contributed by atoms with Crippen molar-refractivity contribution in [1.29, 1.82) is 0 Å². The molecule has 0 saturated heterocycles. The van der Waals surface area contributed by atoms with Crippen molar-refractivity contribution in [2.45, 2.75) is 6.92 Å². The lowest BCUT2D eigenvalue weighted by Gasteiger charge is -2.02. The highest BCUT2D eigenvalue weighted by atomic mass is 79.9. The summed E-state index contributed by atoms with van der Waals surface area (Å²) in [5.41, 5.74) is 1.38. The Morgan fingerprint density at radius 3 is 2.86 bits per heavy atom. The van der Waals surface area contributed by atoms with Crippen molar-refractivity contribution < 1.29 is 0 Å². The summed E-state index contributed by atoms with van der Waals surface area (Å²) in [7, 11) is 0. The van der Waals surface area contributed by atoms with Crippen LogP contribution in [-0.4, -0.2) is 4.98 Å². The van der Waals surface area contributed by atoms with Gasteiger partial charge in [-0.3, -0.25) is 4.79 Å². The molecule has 0 fully saturated rings. The highest BCUT2D eigenvalue weighted by Gasteiger charge is 2.06. The van der Waals surface area contributed by atoms with Gasteiger partial charge < -0.3 is 4.98 Å². The fourth-order valence-corrected chi connectivity index (χ4v) is 1.87. The van der Waals surface area contributed by atoms with Crippen LogP contribution in [0.1, 0.15) is 5.69 Å². The van der Waals surface area contributed by atoms with Gasteiger partial charge in [0.25, 0.3) is 0 Å². The Hall–Kier alpha value is -0.800. The molecule has 72 valence electrons. The Morgan fingerprint density at radius 1 is 1.43 bits per heavy atom. The van der Waals surface area contributed by atoms with Gasteiger partial charge in [0.15, 0.2) is 0 Å². The van der Waals surface area contributed by atoms with Gasteiger partial charge in [-0.1, -0.05) is 27.5 Å². The summed E-state index contributed by atoms with van der Waals surface area (Å²) in [6, 6.07) is 5.50. The molecular formula is C10H7BrClNO. The van der Waals surface area contributed by atoms with Gasteiger partial charge in [0.05, 0.1) is 0 Å². The predicted octanol–water partition coefficient (Wildman–Crippen LogP) is 3.25. The Bertz CT molecular complexity index is 562. The lowest BCUT2D eigenvalue weighted by atomic mass is 10.2. The second-order valence-corrected chi connectivity index (χ2v) is 4.38. The summed E-state index contributed by atoms with van der Waals surface area (Å²) in [6.07, 6.45) is 0. The Kier molecular flexibility index (Phi) is 2.37. The molecule has 0 atom stereocenters. The van der Waals surface area contributed by atoms with Crippen LogP contribution in [-0.2, 0) is 0 Å². The minimum absolute atomic E-state index is 0.126. The van der Waals surface area contributed by atoms with E-state index in [1.807, 2.05) is 12.1 Å². The molecule has 14 heavy (non-hydrogen) atoms. The van der Waals surface area contributed by atoms with E-state index < -0.39 is 0 Å². The van der Waals surface area contributed by atoms with Crippen LogP contribution >= 0.6 is 27.5 Å². The second-order valence-electron chi connectivity index (χ2n) is 3.08. The normalized spacial score (nSPS) is 10.8. The Labute approximate surface area is 94.0 Å². The summed E-state index contributed by atoms with van der Waals surface area (Å²) in [4.78, 5) is 14.8. The molecule has 1 heterocycles. The minimum Gasteiger partial charge on any atom is -0.357 e. The van der Waals surface area contributed by atoms with E-state index in [1.54, 1.807) is 13.0 Å². The van der Waals surface area contributed by atoms with Gasteiger partial charge >= 0.3 is 0 Å². The van der Waals surface area contributed by atoms with Gasteiger partial charge in [-0.15, -0.1) is 0 Å². The van der Waals surface area contributed by atoms with Crippen LogP contribution in [0.5, 0.6) is 0 Å². The van der Waals surface area contributed by atoms with Crippen molar-refractivity contribution in [2.75, 3.05) is 0 Å². The van der Waals surface area contributed by atoms with Gasteiger partial charge in [0, 0.05) is 21.1 Å². The van der Waals surface area contributed by atoms with Crippen molar-refractivity contribution in [3.8, 4) is 0 Å². The van der Waals surface area contributed by atoms with E-state index in [-0.39, 0.29) is 10.5 Å². The van der Waals surface area contributed by atoms with Crippen molar-refractivity contribution in [1.82, 2.24) is 4.98 Å². The van der Waals surface area contributed by atoms with Crippen molar-refractivity contribution in [2.24, 2.45) is 0 Å². The molecule has 2 aromatic rings. The molecule has 1 N–H and O–H groups in total. The molecule has 0 saturated carbocycles. The van der Waals surface area contributed by atoms with E-state index in [0.717, 1.165) is 9.99 Å². The topological polar surface area (TPSA) is 32.9 Å². The molecule has 4 heteroatoms. The van der Waals surface area contributed by atoms with E-state index in [9.17, 15) is 4.79 Å². The third kappa shape index (κ3) is 1.47. The SMILES string of the molecule is Cc1[nH]c2ccc(Br)cc2c(=O)c1Cl. The number of aromatic nitrogens is 1. The average Bonchev–Trinajstić information content (AvgIpc) is 2.16. The average molecular weight is 273 g/mol. The maximum atomic E-state index is 11.7. The Balaban J connectivity index is 2.99. The highest BCUT2D eigenvalue weighted by molar-refractivity contribution is 9.10. The molecule has 1 aromatic carbocycles. The van der Waals surface area contributed by atoms with E-state index in [4.69, 9.17) is 11.6 Å². The molecule has 0 bridgehead atoms. The largest absolute Gasteiger partial charge is 0.357 e. The summed E-state index contributed by atoms with van der Waals surface area (Å²) in [5.74, 6) is 0. The quantitative estimate of drug-likeness (QED) is 0.784. The van der Waals surface area contributed by atoms with Crippen LogP contribution in [0.25, 0.3) is 10.9 Å². The predicted molar refractivity (Wildman–Crippen MR) is 62.0 cm³/mol. The molecular weight excluding hydrogens is 265 g/mol. The fourth-order valence-electron chi connectivity index (χ4n) is 1.36. The van der Waals surface area contributed by atoms with E-state index in [0.29, 0.717) is 11.1 Å². The van der Waals surface area contributed by atoms with Gasteiger partial charge in [0.1, 0.15) is 5.02 Å². The molecule has 0 aliphatic heterocycles. The molecule has 1 aromatic heterocycles. The zero-order chi connectivity index (χ0) is 10.3. The van der Waals surface area contributed by atoms with Crippen LogP contribution in [0, 0.1) is 6.92 Å². The molecule has 0 aliphatic carbocycles. The van der Waals surface area contributed by atoms with Crippen LogP contribution < -0.4 is 5.43 Å². The zero-order valence-corrected chi connectivity index (χ0v) is 9.74.